The van der Waals surface area contributed by atoms with E-state index in [9.17, 15) is 4.79 Å². The van der Waals surface area contributed by atoms with Crippen LogP contribution in [-0.4, -0.2) is 13.0 Å². The monoisotopic (exact) mass is 487 g/mol. The van der Waals surface area contributed by atoms with Gasteiger partial charge in [-0.1, -0.05) is 90.5 Å². The first-order chi connectivity index (χ1) is 18.0. The second-order valence-corrected chi connectivity index (χ2v) is 9.15. The number of carbonyl (C=O) groups excluding carboxylic acids is 1. The molecule has 0 radical (unpaired) electrons. The fourth-order valence-electron chi connectivity index (χ4n) is 4.60. The molecule has 1 amide bonds. The predicted molar refractivity (Wildman–Crippen MR) is 149 cm³/mol. The van der Waals surface area contributed by atoms with Gasteiger partial charge in [0.1, 0.15) is 11.3 Å². The van der Waals surface area contributed by atoms with Crippen molar-refractivity contribution in [3.8, 4) is 16.9 Å². The van der Waals surface area contributed by atoms with E-state index in [0.717, 1.165) is 44.4 Å². The van der Waals surface area contributed by atoms with Crippen molar-refractivity contribution in [1.82, 2.24) is 5.32 Å². The molecule has 4 nitrogen and oxygen atoms in total. The lowest BCUT2D eigenvalue weighted by Gasteiger charge is -2.19. The van der Waals surface area contributed by atoms with E-state index in [2.05, 4.69) is 36.5 Å². The number of amides is 1. The summed E-state index contributed by atoms with van der Waals surface area (Å²) < 4.78 is 11.5. The molecule has 1 N–H and O–H groups in total. The fourth-order valence-corrected chi connectivity index (χ4v) is 4.60. The molecule has 0 unspecified atom stereocenters. The van der Waals surface area contributed by atoms with Gasteiger partial charge in [-0.15, -0.1) is 0 Å². The fraction of sp³-hybridized carbons (Fsp3) is 0.121. The molecule has 0 aliphatic rings. The first kappa shape index (κ1) is 24.1. The minimum Gasteiger partial charge on any atom is -0.496 e. The second-order valence-electron chi connectivity index (χ2n) is 9.15. The molecule has 1 heterocycles. The van der Waals surface area contributed by atoms with Gasteiger partial charge in [-0.25, -0.2) is 0 Å². The summed E-state index contributed by atoms with van der Waals surface area (Å²) in [6.07, 6.45) is 3.41. The van der Waals surface area contributed by atoms with E-state index in [0.29, 0.717) is 5.75 Å². The van der Waals surface area contributed by atoms with Gasteiger partial charge in [0, 0.05) is 28.7 Å². The average molecular weight is 488 g/mol. The van der Waals surface area contributed by atoms with E-state index < -0.39 is 0 Å². The number of rotatable bonds is 7. The Bertz CT molecular complexity index is 1510. The number of furan rings is 1. The first-order valence-corrected chi connectivity index (χ1v) is 12.3. The Morgan fingerprint density at radius 1 is 0.892 bits per heavy atom. The van der Waals surface area contributed by atoms with Gasteiger partial charge in [-0.05, 0) is 42.2 Å². The van der Waals surface area contributed by atoms with Crippen LogP contribution >= 0.6 is 0 Å². The van der Waals surface area contributed by atoms with E-state index in [1.54, 1.807) is 19.4 Å². The van der Waals surface area contributed by atoms with Gasteiger partial charge >= 0.3 is 0 Å². The number of hydrogen-bond acceptors (Lipinski definition) is 3. The molecule has 37 heavy (non-hydrogen) atoms. The molecule has 0 saturated heterocycles. The largest absolute Gasteiger partial charge is 0.496 e. The Morgan fingerprint density at radius 3 is 2.11 bits per heavy atom. The molecular weight excluding hydrogens is 458 g/mol. The van der Waals surface area contributed by atoms with Gasteiger partial charge in [0.15, 0.2) is 0 Å². The van der Waals surface area contributed by atoms with Crippen LogP contribution in [0.3, 0.4) is 0 Å². The molecule has 0 aliphatic carbocycles. The number of carbonyl (C=O) groups is 1. The highest BCUT2D eigenvalue weighted by molar-refractivity contribution is 6.00. The second kappa shape index (κ2) is 10.6. The lowest BCUT2D eigenvalue weighted by molar-refractivity contribution is -0.116. The minimum atomic E-state index is -0.259. The summed E-state index contributed by atoms with van der Waals surface area (Å²) in [5.41, 5.74) is 7.71. The standard InChI is InChI=1S/C33H29NO3/c1-22-14-16-24(17-15-22)29-21-37-31-20-30(36-3)27(19-28(29)31)23(2)18-32(35)34-33(25-10-6-4-7-11-25)26-12-8-5-9-13-26/h4-21,33H,1-3H3,(H,34,35)/b23-18+. The Balaban J connectivity index is 1.49. The zero-order valence-corrected chi connectivity index (χ0v) is 21.2. The lowest BCUT2D eigenvalue weighted by atomic mass is 9.97. The third-order valence-electron chi connectivity index (χ3n) is 6.58. The average Bonchev–Trinajstić information content (AvgIpc) is 3.35. The highest BCUT2D eigenvalue weighted by Gasteiger charge is 2.18. The quantitative estimate of drug-likeness (QED) is 0.239. The SMILES string of the molecule is COc1cc2occ(-c3ccc(C)cc3)c2cc1/C(C)=C/C(=O)NC(c1ccccc1)c1ccccc1. The number of allylic oxidation sites excluding steroid dienone is 1. The van der Waals surface area contributed by atoms with E-state index in [1.165, 1.54) is 5.56 Å². The normalized spacial score (nSPS) is 11.6. The van der Waals surface area contributed by atoms with E-state index >= 15 is 0 Å². The highest BCUT2D eigenvalue weighted by Crippen LogP contribution is 2.37. The molecule has 0 aliphatic heterocycles. The zero-order valence-electron chi connectivity index (χ0n) is 21.2. The van der Waals surface area contributed by atoms with Crippen molar-refractivity contribution >= 4 is 22.4 Å². The summed E-state index contributed by atoms with van der Waals surface area (Å²) in [5, 5.41) is 4.16. The van der Waals surface area contributed by atoms with E-state index in [1.807, 2.05) is 79.7 Å². The number of hydrogen-bond donors (Lipinski definition) is 1. The van der Waals surface area contributed by atoms with Crippen molar-refractivity contribution in [3.63, 3.8) is 0 Å². The zero-order chi connectivity index (χ0) is 25.8. The number of aryl methyl sites for hydroxylation is 1. The van der Waals surface area contributed by atoms with Crippen LogP contribution in [0.2, 0.25) is 0 Å². The van der Waals surface area contributed by atoms with Gasteiger partial charge in [0.2, 0.25) is 5.91 Å². The van der Waals surface area contributed by atoms with Crippen LogP contribution in [0.1, 0.15) is 35.2 Å². The molecule has 0 bridgehead atoms. The molecule has 1 aromatic heterocycles. The van der Waals surface area contributed by atoms with Crippen molar-refractivity contribution in [2.24, 2.45) is 0 Å². The van der Waals surface area contributed by atoms with E-state index in [-0.39, 0.29) is 11.9 Å². The van der Waals surface area contributed by atoms with Crippen LogP contribution in [0.5, 0.6) is 5.75 Å². The van der Waals surface area contributed by atoms with Gasteiger partial charge < -0.3 is 14.5 Å². The maximum Gasteiger partial charge on any atom is 0.245 e. The summed E-state index contributed by atoms with van der Waals surface area (Å²) >= 11 is 0. The summed E-state index contributed by atoms with van der Waals surface area (Å²) in [6.45, 7) is 3.99. The van der Waals surface area contributed by atoms with Crippen molar-refractivity contribution in [1.29, 1.82) is 0 Å². The first-order valence-electron chi connectivity index (χ1n) is 12.3. The third kappa shape index (κ3) is 5.19. The molecule has 0 atom stereocenters. The molecule has 184 valence electrons. The Morgan fingerprint density at radius 2 is 1.51 bits per heavy atom. The number of ether oxygens (including phenoxy) is 1. The summed E-state index contributed by atoms with van der Waals surface area (Å²) in [5.74, 6) is 0.477. The van der Waals surface area contributed by atoms with Gasteiger partial charge in [0.25, 0.3) is 0 Å². The van der Waals surface area contributed by atoms with Crippen LogP contribution in [0.4, 0.5) is 0 Å². The molecule has 0 saturated carbocycles. The molecular formula is C33H29NO3. The van der Waals surface area contributed by atoms with Crippen molar-refractivity contribution < 1.29 is 13.9 Å². The predicted octanol–water partition coefficient (Wildman–Crippen LogP) is 7.73. The minimum absolute atomic E-state index is 0.177. The molecule has 0 spiro atoms. The molecule has 4 aromatic carbocycles. The number of methoxy groups -OCH3 is 1. The third-order valence-corrected chi connectivity index (χ3v) is 6.58. The Hall–Kier alpha value is -4.57. The van der Waals surface area contributed by atoms with Gasteiger partial charge in [-0.2, -0.15) is 0 Å². The summed E-state index contributed by atoms with van der Waals surface area (Å²) in [7, 11) is 1.63. The van der Waals surface area contributed by atoms with Crippen LogP contribution in [0.15, 0.2) is 114 Å². The number of benzene rings is 4. The van der Waals surface area contributed by atoms with Crippen LogP contribution < -0.4 is 10.1 Å². The Kier molecular flexibility index (Phi) is 6.91. The molecule has 5 aromatic rings. The van der Waals surface area contributed by atoms with Crippen LogP contribution in [0.25, 0.3) is 27.7 Å². The van der Waals surface area contributed by atoms with Crippen molar-refractivity contribution in [3.05, 3.63) is 132 Å². The molecule has 0 fully saturated rings. The van der Waals surface area contributed by atoms with E-state index in [4.69, 9.17) is 9.15 Å². The van der Waals surface area contributed by atoms with Crippen LogP contribution in [0, 0.1) is 6.92 Å². The highest BCUT2D eigenvalue weighted by atomic mass is 16.5. The maximum atomic E-state index is 13.3. The van der Waals surface area contributed by atoms with Crippen molar-refractivity contribution in [2.75, 3.05) is 7.11 Å². The topological polar surface area (TPSA) is 51.5 Å². The molecule has 5 rings (SSSR count). The van der Waals surface area contributed by atoms with Crippen molar-refractivity contribution in [2.45, 2.75) is 19.9 Å². The number of nitrogens with one attached hydrogen (secondary N) is 1. The van der Waals surface area contributed by atoms with Gasteiger partial charge in [-0.3, -0.25) is 4.79 Å². The smallest absolute Gasteiger partial charge is 0.245 e. The maximum absolute atomic E-state index is 13.3. The molecule has 4 heteroatoms. The van der Waals surface area contributed by atoms with Crippen LogP contribution in [-0.2, 0) is 4.79 Å². The lowest BCUT2D eigenvalue weighted by Crippen LogP contribution is -2.27. The summed E-state index contributed by atoms with van der Waals surface area (Å²) in [4.78, 5) is 13.3. The van der Waals surface area contributed by atoms with Gasteiger partial charge in [0.05, 0.1) is 19.4 Å². The number of fused-ring (bicyclic) bond motifs is 1. The Labute approximate surface area is 217 Å². The summed E-state index contributed by atoms with van der Waals surface area (Å²) in [6, 6.07) is 32.0.